The average molecular weight is 195 g/mol. The van der Waals surface area contributed by atoms with E-state index in [2.05, 4.69) is 25.2 Å². The Hall–Kier alpha value is -1.05. The van der Waals surface area contributed by atoms with Gasteiger partial charge in [-0.05, 0) is 19.3 Å². The molecule has 0 aromatic rings. The lowest BCUT2D eigenvalue weighted by atomic mass is 10.2. The molecule has 0 spiro atoms. The summed E-state index contributed by atoms with van der Waals surface area (Å²) >= 11 is 0. The first kappa shape index (κ1) is 12.9. The lowest BCUT2D eigenvalue weighted by Crippen LogP contribution is -2.23. The van der Waals surface area contributed by atoms with Crippen LogP contribution in [0.5, 0.6) is 0 Å². The molecular weight excluding hydrogens is 174 g/mol. The number of hydrogen-bond donors (Lipinski definition) is 0. The molecule has 0 aliphatic rings. The fourth-order valence-corrected chi connectivity index (χ4v) is 0.956. The maximum Gasteiger partial charge on any atom is 0.219 e. The summed E-state index contributed by atoms with van der Waals surface area (Å²) in [6.45, 7) is 4.43. The molecule has 0 aromatic carbocycles. The molecule has 0 aliphatic heterocycles. The Labute approximate surface area is 87.3 Å². The number of unbranched alkanes of at least 4 members (excludes halogenated alkanes) is 1. The molecular formula is C12H21NO. The number of carbonyl (C=O) groups excluding carboxylic acids is 1. The molecule has 0 saturated heterocycles. The molecule has 0 unspecified atom stereocenters. The van der Waals surface area contributed by atoms with Gasteiger partial charge in [0.2, 0.25) is 5.91 Å². The van der Waals surface area contributed by atoms with E-state index < -0.39 is 0 Å². The van der Waals surface area contributed by atoms with Crippen molar-refractivity contribution in [2.75, 3.05) is 13.6 Å². The second-order valence-electron chi connectivity index (χ2n) is 3.33. The zero-order valence-electron chi connectivity index (χ0n) is 9.49. The van der Waals surface area contributed by atoms with E-state index in [1.807, 2.05) is 13.1 Å². The molecule has 0 fully saturated rings. The third kappa shape index (κ3) is 7.59. The van der Waals surface area contributed by atoms with Crippen LogP contribution in [-0.4, -0.2) is 24.4 Å². The Kier molecular flexibility index (Phi) is 7.90. The summed E-state index contributed by atoms with van der Waals surface area (Å²) in [6.07, 6.45) is 11.8. The second kappa shape index (κ2) is 8.54. The summed E-state index contributed by atoms with van der Waals surface area (Å²) < 4.78 is 0. The lowest BCUT2D eigenvalue weighted by Gasteiger charge is -2.10. The highest BCUT2D eigenvalue weighted by molar-refractivity contribution is 5.72. The van der Waals surface area contributed by atoms with Gasteiger partial charge in [-0.2, -0.15) is 0 Å². The van der Waals surface area contributed by atoms with E-state index in [4.69, 9.17) is 0 Å². The highest BCUT2D eigenvalue weighted by atomic mass is 16.2. The summed E-state index contributed by atoms with van der Waals surface area (Å²) in [5.41, 5.74) is 0. The van der Waals surface area contributed by atoms with Gasteiger partial charge in [0, 0.05) is 20.5 Å². The average Bonchev–Trinajstić information content (AvgIpc) is 2.16. The van der Waals surface area contributed by atoms with Crippen molar-refractivity contribution in [1.82, 2.24) is 4.90 Å². The van der Waals surface area contributed by atoms with Crippen molar-refractivity contribution in [3.63, 3.8) is 0 Å². The number of allylic oxidation sites excluding steroid dienone is 3. The monoisotopic (exact) mass is 195 g/mol. The minimum atomic E-state index is 0.112. The zero-order chi connectivity index (χ0) is 10.8. The van der Waals surface area contributed by atoms with Gasteiger partial charge in [0.15, 0.2) is 0 Å². The molecule has 0 aromatic heterocycles. The minimum Gasteiger partial charge on any atom is -0.342 e. The first-order valence-electron chi connectivity index (χ1n) is 5.20. The molecule has 0 rings (SSSR count). The fraction of sp³-hybridized carbons (Fsp3) is 0.583. The van der Waals surface area contributed by atoms with E-state index in [-0.39, 0.29) is 5.91 Å². The normalized spacial score (nSPS) is 11.4. The maximum atomic E-state index is 10.8. The van der Waals surface area contributed by atoms with Gasteiger partial charge in [0.25, 0.3) is 0 Å². The Morgan fingerprint density at radius 2 is 1.71 bits per heavy atom. The number of hydrogen-bond acceptors (Lipinski definition) is 1. The Morgan fingerprint density at radius 3 is 2.21 bits per heavy atom. The molecule has 0 bridgehead atoms. The number of likely N-dealkylation sites (N-methyl/N-ethyl adjacent to an activating group) is 1. The molecule has 0 aliphatic carbocycles. The van der Waals surface area contributed by atoms with Gasteiger partial charge in [0.1, 0.15) is 0 Å². The van der Waals surface area contributed by atoms with Crippen LogP contribution in [0.1, 0.15) is 33.1 Å². The molecule has 14 heavy (non-hydrogen) atoms. The van der Waals surface area contributed by atoms with E-state index in [1.165, 1.54) is 0 Å². The number of nitrogens with zero attached hydrogens (tertiary/aromatic N) is 1. The van der Waals surface area contributed by atoms with Crippen LogP contribution in [-0.2, 0) is 4.79 Å². The molecule has 80 valence electrons. The lowest BCUT2D eigenvalue weighted by molar-refractivity contribution is -0.127. The quantitative estimate of drug-likeness (QED) is 0.471. The predicted molar refractivity (Wildman–Crippen MR) is 61.1 cm³/mol. The van der Waals surface area contributed by atoms with Gasteiger partial charge in [-0.1, -0.05) is 31.2 Å². The van der Waals surface area contributed by atoms with Crippen molar-refractivity contribution >= 4 is 5.91 Å². The van der Waals surface area contributed by atoms with Crippen molar-refractivity contribution < 1.29 is 4.79 Å². The highest BCUT2D eigenvalue weighted by Gasteiger charge is 1.96. The third-order valence-corrected chi connectivity index (χ3v) is 1.99. The number of carbonyl (C=O) groups is 1. The van der Waals surface area contributed by atoms with E-state index in [0.717, 1.165) is 19.3 Å². The SMILES string of the molecule is CCC=CCCC=CCN(C)C(C)=O. The highest BCUT2D eigenvalue weighted by Crippen LogP contribution is 1.94. The predicted octanol–water partition coefficient (Wildman–Crippen LogP) is 2.77. The molecule has 2 heteroatoms. The summed E-state index contributed by atoms with van der Waals surface area (Å²) in [4.78, 5) is 12.5. The van der Waals surface area contributed by atoms with Gasteiger partial charge >= 0.3 is 0 Å². The van der Waals surface area contributed by atoms with E-state index in [9.17, 15) is 4.79 Å². The van der Waals surface area contributed by atoms with E-state index >= 15 is 0 Å². The first-order valence-corrected chi connectivity index (χ1v) is 5.20. The molecule has 0 saturated carbocycles. The van der Waals surface area contributed by atoms with Crippen LogP contribution in [0, 0.1) is 0 Å². The van der Waals surface area contributed by atoms with Gasteiger partial charge in [-0.3, -0.25) is 4.79 Å². The van der Waals surface area contributed by atoms with Crippen LogP contribution in [0.25, 0.3) is 0 Å². The van der Waals surface area contributed by atoms with Crippen LogP contribution >= 0.6 is 0 Å². The number of rotatable bonds is 6. The standard InChI is InChI=1S/C12H21NO/c1-4-5-6-7-8-9-10-11-13(3)12(2)14/h5-6,9-10H,4,7-8,11H2,1-3H3. The summed E-state index contributed by atoms with van der Waals surface area (Å²) in [6, 6.07) is 0. The second-order valence-corrected chi connectivity index (χ2v) is 3.33. The summed E-state index contributed by atoms with van der Waals surface area (Å²) in [5, 5.41) is 0. The van der Waals surface area contributed by atoms with E-state index in [0.29, 0.717) is 6.54 Å². The van der Waals surface area contributed by atoms with Crippen molar-refractivity contribution in [3.05, 3.63) is 24.3 Å². The maximum absolute atomic E-state index is 10.8. The molecule has 1 amide bonds. The van der Waals surface area contributed by atoms with Crippen LogP contribution in [0.15, 0.2) is 24.3 Å². The van der Waals surface area contributed by atoms with Crippen molar-refractivity contribution in [2.24, 2.45) is 0 Å². The summed E-state index contributed by atoms with van der Waals surface area (Å²) in [7, 11) is 1.81. The van der Waals surface area contributed by atoms with Gasteiger partial charge in [-0.25, -0.2) is 0 Å². The van der Waals surface area contributed by atoms with Gasteiger partial charge < -0.3 is 4.90 Å². The van der Waals surface area contributed by atoms with E-state index in [1.54, 1.807) is 11.8 Å². The third-order valence-electron chi connectivity index (χ3n) is 1.99. The Bertz CT molecular complexity index is 206. The Balaban J connectivity index is 3.45. The van der Waals surface area contributed by atoms with Crippen molar-refractivity contribution in [3.8, 4) is 0 Å². The first-order chi connectivity index (χ1) is 6.68. The van der Waals surface area contributed by atoms with Crippen LogP contribution in [0.2, 0.25) is 0 Å². The number of amides is 1. The molecule has 2 nitrogen and oxygen atoms in total. The Morgan fingerprint density at radius 1 is 1.14 bits per heavy atom. The van der Waals surface area contributed by atoms with Crippen LogP contribution < -0.4 is 0 Å². The summed E-state index contributed by atoms with van der Waals surface area (Å²) in [5.74, 6) is 0.112. The van der Waals surface area contributed by atoms with Crippen molar-refractivity contribution in [1.29, 1.82) is 0 Å². The molecule has 0 radical (unpaired) electrons. The van der Waals surface area contributed by atoms with Gasteiger partial charge in [0.05, 0.1) is 0 Å². The van der Waals surface area contributed by atoms with Crippen LogP contribution in [0.4, 0.5) is 0 Å². The molecule has 0 atom stereocenters. The minimum absolute atomic E-state index is 0.112. The van der Waals surface area contributed by atoms with Gasteiger partial charge in [-0.15, -0.1) is 0 Å². The smallest absolute Gasteiger partial charge is 0.219 e. The van der Waals surface area contributed by atoms with Crippen molar-refractivity contribution in [2.45, 2.75) is 33.1 Å². The fourth-order valence-electron chi connectivity index (χ4n) is 0.956. The zero-order valence-corrected chi connectivity index (χ0v) is 9.49. The molecule has 0 N–H and O–H groups in total. The molecule has 0 heterocycles. The topological polar surface area (TPSA) is 20.3 Å². The largest absolute Gasteiger partial charge is 0.342 e. The van der Waals surface area contributed by atoms with Crippen LogP contribution in [0.3, 0.4) is 0 Å².